The maximum atomic E-state index is 12.9. The molecule has 0 N–H and O–H groups in total. The van der Waals surface area contributed by atoms with E-state index < -0.39 is 39.1 Å². The third-order valence-corrected chi connectivity index (χ3v) is 8.45. The number of aromatic nitrogens is 1. The van der Waals surface area contributed by atoms with Crippen molar-refractivity contribution in [2.75, 3.05) is 43.3 Å². The first-order valence-corrected chi connectivity index (χ1v) is 14.8. The number of hydrogen-bond acceptors (Lipinski definition) is 8. The van der Waals surface area contributed by atoms with Gasteiger partial charge in [0, 0.05) is 25.9 Å². The number of aryl methyl sites for hydroxylation is 1. The van der Waals surface area contributed by atoms with Gasteiger partial charge in [-0.2, -0.15) is 4.99 Å². The van der Waals surface area contributed by atoms with Crippen molar-refractivity contribution in [2.24, 2.45) is 4.99 Å². The molecule has 2 heterocycles. The smallest absolute Gasteiger partial charge is 0.338 e. The van der Waals surface area contributed by atoms with E-state index in [0.717, 1.165) is 29.7 Å². The summed E-state index contributed by atoms with van der Waals surface area (Å²) in [6.07, 6.45) is 1.56. The summed E-state index contributed by atoms with van der Waals surface area (Å²) in [6, 6.07) is 12.4. The van der Waals surface area contributed by atoms with Gasteiger partial charge in [0.15, 0.2) is 14.6 Å². The minimum Gasteiger partial charge on any atom is -0.462 e. The van der Waals surface area contributed by atoms with Crippen LogP contribution in [0, 0.1) is 0 Å². The molecule has 0 fully saturated rings. The van der Waals surface area contributed by atoms with Crippen molar-refractivity contribution >= 4 is 54.9 Å². The molecule has 1 aromatic heterocycles. The normalized spacial score (nSPS) is 13.9. The minimum atomic E-state index is -4.06. The number of thiazole rings is 1. The first-order chi connectivity index (χ1) is 18.2. The molecule has 1 aliphatic rings. The maximum Gasteiger partial charge on any atom is 0.338 e. The van der Waals surface area contributed by atoms with Crippen molar-refractivity contribution in [1.29, 1.82) is 0 Å². The summed E-state index contributed by atoms with van der Waals surface area (Å²) in [5.74, 6) is -3.57. The molecular weight excluding hydrogens is 530 g/mol. The second-order valence-corrected chi connectivity index (χ2v) is 11.8. The molecule has 10 nitrogen and oxygen atoms in total. The number of carbonyl (C=O) groups excluding carboxylic acids is 3. The average molecular weight is 560 g/mol. The molecule has 202 valence electrons. The number of rotatable bonds is 9. The molecule has 2 aromatic carbocycles. The number of nitrogens with zero attached hydrogens (tertiary/aromatic N) is 3. The molecule has 0 aliphatic carbocycles. The fourth-order valence-electron chi connectivity index (χ4n) is 4.34. The van der Waals surface area contributed by atoms with Crippen LogP contribution in [-0.2, 0) is 41.9 Å². The van der Waals surface area contributed by atoms with Gasteiger partial charge in [-0.3, -0.25) is 9.59 Å². The van der Waals surface area contributed by atoms with E-state index in [1.165, 1.54) is 4.90 Å². The molecule has 0 unspecified atom stereocenters. The van der Waals surface area contributed by atoms with Gasteiger partial charge in [-0.15, -0.1) is 0 Å². The quantitative estimate of drug-likeness (QED) is 0.369. The zero-order valence-electron chi connectivity index (χ0n) is 21.2. The van der Waals surface area contributed by atoms with Crippen LogP contribution in [0.3, 0.4) is 0 Å². The molecule has 0 radical (unpaired) electrons. The molecule has 3 aromatic rings. The van der Waals surface area contributed by atoms with E-state index in [0.29, 0.717) is 41.2 Å². The van der Waals surface area contributed by atoms with E-state index in [9.17, 15) is 22.8 Å². The Kier molecular flexibility index (Phi) is 8.75. The fraction of sp³-hybridized carbons (Fsp3) is 0.385. The highest BCUT2D eigenvalue weighted by atomic mass is 32.2. The lowest BCUT2D eigenvalue weighted by molar-refractivity contribution is -0.116. The summed E-state index contributed by atoms with van der Waals surface area (Å²) in [4.78, 5) is 43.6. The van der Waals surface area contributed by atoms with Crippen LogP contribution in [0.2, 0.25) is 0 Å². The molecule has 38 heavy (non-hydrogen) atoms. The highest BCUT2D eigenvalue weighted by Gasteiger charge is 2.28. The molecule has 12 heteroatoms. The number of methoxy groups -OCH3 is 1. The third-order valence-electron chi connectivity index (χ3n) is 6.03. The van der Waals surface area contributed by atoms with Gasteiger partial charge < -0.3 is 18.9 Å². The molecule has 1 aliphatic heterocycles. The Morgan fingerprint density at radius 3 is 2.66 bits per heavy atom. The zero-order valence-corrected chi connectivity index (χ0v) is 22.8. The first-order valence-electron chi connectivity index (χ1n) is 12.2. The number of hydrogen-bond donors (Lipinski definition) is 0. The van der Waals surface area contributed by atoms with Gasteiger partial charge >= 0.3 is 5.97 Å². The van der Waals surface area contributed by atoms with Crippen LogP contribution in [0.1, 0.15) is 29.3 Å². The number of esters is 1. The lowest BCUT2D eigenvalue weighted by atomic mass is 10.0. The highest BCUT2D eigenvalue weighted by molar-refractivity contribution is 7.92. The van der Waals surface area contributed by atoms with Crippen molar-refractivity contribution in [3.8, 4) is 0 Å². The molecule has 0 saturated carbocycles. The van der Waals surface area contributed by atoms with Gasteiger partial charge in [0.25, 0.3) is 5.91 Å². The van der Waals surface area contributed by atoms with E-state index in [4.69, 9.17) is 9.47 Å². The van der Waals surface area contributed by atoms with Gasteiger partial charge in [-0.05, 0) is 49.6 Å². The van der Waals surface area contributed by atoms with Crippen LogP contribution < -0.4 is 9.70 Å². The lowest BCUT2D eigenvalue weighted by Gasteiger charge is -2.29. The molecule has 0 atom stereocenters. The van der Waals surface area contributed by atoms with E-state index in [-0.39, 0.29) is 11.4 Å². The Balaban J connectivity index is 1.56. The minimum absolute atomic E-state index is 0.242. The van der Waals surface area contributed by atoms with Gasteiger partial charge in [0.2, 0.25) is 5.91 Å². The molecule has 0 saturated heterocycles. The Labute approximate surface area is 224 Å². The molecule has 4 rings (SSSR count). The van der Waals surface area contributed by atoms with Crippen molar-refractivity contribution in [3.05, 3.63) is 58.4 Å². The zero-order chi connectivity index (χ0) is 27.3. The Hall–Kier alpha value is -3.35. The second kappa shape index (κ2) is 12.0. The maximum absolute atomic E-state index is 12.9. The topological polar surface area (TPSA) is 124 Å². The van der Waals surface area contributed by atoms with Crippen molar-refractivity contribution in [3.63, 3.8) is 0 Å². The summed E-state index contributed by atoms with van der Waals surface area (Å²) in [7, 11) is -2.52. The van der Waals surface area contributed by atoms with E-state index in [1.807, 2.05) is 12.1 Å². The number of ether oxygens (including phenoxy) is 2. The van der Waals surface area contributed by atoms with E-state index in [1.54, 1.807) is 48.9 Å². The molecule has 0 spiro atoms. The predicted molar refractivity (Wildman–Crippen MR) is 144 cm³/mol. The lowest BCUT2D eigenvalue weighted by Crippen LogP contribution is -2.40. The number of carbonyl (C=O) groups is 3. The number of fused-ring (bicyclic) bond motifs is 2. The standard InChI is InChI=1S/C26H29N3O7S2/c1-3-36-25(32)19-10-11-21-22(15-19)37-26(29(21)13-14-35-2)27-23(30)16-38(33,34)17-24(31)28-12-6-8-18-7-4-5-9-20(18)28/h4-5,7,9-11,15H,3,6,8,12-14,16-17H2,1-2H3. The molecule has 2 amide bonds. The van der Waals surface area contributed by atoms with Crippen LogP contribution in [0.15, 0.2) is 47.5 Å². The van der Waals surface area contributed by atoms with Crippen LogP contribution >= 0.6 is 11.3 Å². The largest absolute Gasteiger partial charge is 0.462 e. The number of amides is 2. The van der Waals surface area contributed by atoms with Crippen molar-refractivity contribution in [2.45, 2.75) is 26.3 Å². The SMILES string of the molecule is CCOC(=O)c1ccc2c(c1)sc(=NC(=O)CS(=O)(=O)CC(=O)N1CCCc3ccccc31)n2CCOC. The Morgan fingerprint density at radius 1 is 1.11 bits per heavy atom. The van der Waals surface area contributed by atoms with Crippen molar-refractivity contribution < 1.29 is 32.3 Å². The monoisotopic (exact) mass is 559 g/mol. The van der Waals surface area contributed by atoms with Gasteiger partial charge in [0.05, 0.1) is 29.0 Å². The summed E-state index contributed by atoms with van der Waals surface area (Å²) in [6.45, 7) is 3.08. The second-order valence-electron chi connectivity index (χ2n) is 8.75. The average Bonchev–Trinajstić information content (AvgIpc) is 3.22. The van der Waals surface area contributed by atoms with Crippen LogP contribution in [0.4, 0.5) is 5.69 Å². The Bertz CT molecular complexity index is 1540. The predicted octanol–water partition coefficient (Wildman–Crippen LogP) is 2.35. The van der Waals surface area contributed by atoms with E-state index in [2.05, 4.69) is 4.99 Å². The summed E-state index contributed by atoms with van der Waals surface area (Å²) < 4.78 is 38.2. The van der Waals surface area contributed by atoms with Gasteiger partial charge in [-0.1, -0.05) is 29.5 Å². The first kappa shape index (κ1) is 27.7. The summed E-state index contributed by atoms with van der Waals surface area (Å²) in [5, 5.41) is 0. The van der Waals surface area contributed by atoms with Crippen molar-refractivity contribution in [1.82, 2.24) is 4.57 Å². The highest BCUT2D eigenvalue weighted by Crippen LogP contribution is 2.27. The number of sulfone groups is 1. The van der Waals surface area contributed by atoms with Crippen LogP contribution in [0.5, 0.6) is 0 Å². The summed E-state index contributed by atoms with van der Waals surface area (Å²) >= 11 is 1.15. The fourth-order valence-corrected chi connectivity index (χ4v) is 6.52. The number of para-hydroxylation sites is 1. The number of anilines is 1. The van der Waals surface area contributed by atoms with Gasteiger partial charge in [0.1, 0.15) is 11.5 Å². The number of benzene rings is 2. The van der Waals surface area contributed by atoms with Crippen LogP contribution in [-0.4, -0.2) is 69.1 Å². The molecule has 0 bridgehead atoms. The third kappa shape index (κ3) is 6.37. The van der Waals surface area contributed by atoms with E-state index >= 15 is 0 Å². The summed E-state index contributed by atoms with van der Waals surface area (Å²) in [5.41, 5.74) is 2.78. The van der Waals surface area contributed by atoms with Crippen LogP contribution in [0.25, 0.3) is 10.2 Å². The molecular formula is C26H29N3O7S2. The Morgan fingerprint density at radius 2 is 1.89 bits per heavy atom. The van der Waals surface area contributed by atoms with Gasteiger partial charge in [-0.25, -0.2) is 13.2 Å².